The number of amides is 1. The van der Waals surface area contributed by atoms with E-state index in [2.05, 4.69) is 45.0 Å². The molecular weight excluding hydrogens is 402 g/mol. The summed E-state index contributed by atoms with van der Waals surface area (Å²) in [6.45, 7) is 12.4. The number of ether oxygens (including phenoxy) is 2. The number of aliphatic imine (C=N–C) groups is 1. The standard InChI is InChI=1S/C21H35N5O3S/c1-15-12-25(8-9-28-15)17(18-7-6-10-30-18)11-23-19(22-5)24-16-13-26(14-16)20(27)29-21(2,3)4/h6-7,10,15-17H,8-9,11-14H2,1-5H3,(H2,22,23,24). The lowest BCUT2D eigenvalue weighted by Crippen LogP contribution is -2.63. The fourth-order valence-electron chi connectivity index (χ4n) is 3.65. The van der Waals surface area contributed by atoms with Crippen LogP contribution in [0.2, 0.25) is 0 Å². The molecule has 2 fully saturated rings. The summed E-state index contributed by atoms with van der Waals surface area (Å²) >= 11 is 1.78. The van der Waals surface area contributed by atoms with E-state index in [1.165, 1.54) is 4.88 Å². The van der Waals surface area contributed by atoms with Crippen molar-refractivity contribution in [2.24, 2.45) is 4.99 Å². The van der Waals surface area contributed by atoms with Crippen LogP contribution in [-0.4, -0.2) is 86.0 Å². The van der Waals surface area contributed by atoms with Gasteiger partial charge < -0.3 is 25.0 Å². The van der Waals surface area contributed by atoms with Crippen LogP contribution in [0, 0.1) is 0 Å². The number of likely N-dealkylation sites (tertiary alicyclic amines) is 1. The van der Waals surface area contributed by atoms with Gasteiger partial charge in [-0.25, -0.2) is 4.79 Å². The zero-order valence-corrected chi connectivity index (χ0v) is 19.5. The summed E-state index contributed by atoms with van der Waals surface area (Å²) in [5, 5.41) is 9.02. The highest BCUT2D eigenvalue weighted by molar-refractivity contribution is 7.10. The van der Waals surface area contributed by atoms with Crippen molar-refractivity contribution in [1.29, 1.82) is 0 Å². The first-order valence-electron chi connectivity index (χ1n) is 10.6. The van der Waals surface area contributed by atoms with Gasteiger partial charge >= 0.3 is 6.09 Å². The monoisotopic (exact) mass is 437 g/mol. The van der Waals surface area contributed by atoms with Crippen molar-refractivity contribution in [3.63, 3.8) is 0 Å². The molecule has 2 aliphatic rings. The zero-order chi connectivity index (χ0) is 21.7. The Morgan fingerprint density at radius 3 is 2.77 bits per heavy atom. The summed E-state index contributed by atoms with van der Waals surface area (Å²) in [6, 6.07) is 4.74. The molecule has 0 bridgehead atoms. The van der Waals surface area contributed by atoms with Crippen LogP contribution in [0.3, 0.4) is 0 Å². The van der Waals surface area contributed by atoms with E-state index in [9.17, 15) is 4.79 Å². The van der Waals surface area contributed by atoms with Crippen LogP contribution in [-0.2, 0) is 9.47 Å². The Hall–Kier alpha value is -1.84. The third-order valence-corrected chi connectivity index (χ3v) is 6.12. The van der Waals surface area contributed by atoms with Crippen LogP contribution >= 0.6 is 11.3 Å². The average Bonchev–Trinajstić information content (AvgIpc) is 3.15. The third-order valence-electron chi connectivity index (χ3n) is 5.15. The highest BCUT2D eigenvalue weighted by Crippen LogP contribution is 2.26. The molecule has 0 radical (unpaired) electrons. The van der Waals surface area contributed by atoms with Crippen molar-refractivity contribution in [1.82, 2.24) is 20.4 Å². The summed E-state index contributed by atoms with van der Waals surface area (Å²) in [4.78, 5) is 22.0. The molecule has 3 heterocycles. The minimum Gasteiger partial charge on any atom is -0.444 e. The minimum absolute atomic E-state index is 0.173. The highest BCUT2D eigenvalue weighted by Gasteiger charge is 2.34. The molecule has 2 saturated heterocycles. The second-order valence-corrected chi connectivity index (χ2v) is 9.87. The number of guanidine groups is 1. The largest absolute Gasteiger partial charge is 0.444 e. The van der Waals surface area contributed by atoms with Crippen LogP contribution in [0.1, 0.15) is 38.6 Å². The number of nitrogens with one attached hydrogen (secondary N) is 2. The van der Waals surface area contributed by atoms with Gasteiger partial charge in [0.1, 0.15) is 5.60 Å². The smallest absolute Gasteiger partial charge is 0.410 e. The van der Waals surface area contributed by atoms with Crippen molar-refractivity contribution >= 4 is 23.4 Å². The summed E-state index contributed by atoms with van der Waals surface area (Å²) in [5.41, 5.74) is -0.471. The third kappa shape index (κ3) is 6.33. The number of carbonyl (C=O) groups is 1. The zero-order valence-electron chi connectivity index (χ0n) is 18.7. The second-order valence-electron chi connectivity index (χ2n) is 8.89. The van der Waals surface area contributed by atoms with E-state index >= 15 is 0 Å². The van der Waals surface area contributed by atoms with Crippen molar-refractivity contribution in [2.75, 3.05) is 46.4 Å². The van der Waals surface area contributed by atoms with Gasteiger partial charge in [-0.2, -0.15) is 0 Å². The molecule has 9 heteroatoms. The first-order chi connectivity index (χ1) is 14.2. The number of nitrogens with zero attached hydrogens (tertiary/aromatic N) is 3. The molecular formula is C21H35N5O3S. The molecule has 0 aliphatic carbocycles. The summed E-state index contributed by atoms with van der Waals surface area (Å²) in [6.07, 6.45) is -0.0184. The highest BCUT2D eigenvalue weighted by atomic mass is 32.1. The fraction of sp³-hybridized carbons (Fsp3) is 0.714. The topological polar surface area (TPSA) is 78.4 Å². The van der Waals surface area contributed by atoms with Crippen LogP contribution < -0.4 is 10.6 Å². The van der Waals surface area contributed by atoms with E-state index in [4.69, 9.17) is 9.47 Å². The normalized spacial score (nSPS) is 22.4. The van der Waals surface area contributed by atoms with Gasteiger partial charge in [0.15, 0.2) is 5.96 Å². The second kappa shape index (κ2) is 9.98. The van der Waals surface area contributed by atoms with Gasteiger partial charge in [0.25, 0.3) is 0 Å². The number of hydrogen-bond acceptors (Lipinski definition) is 6. The van der Waals surface area contributed by atoms with Crippen molar-refractivity contribution in [2.45, 2.75) is 51.5 Å². The van der Waals surface area contributed by atoms with Gasteiger partial charge in [0.05, 0.1) is 24.8 Å². The molecule has 2 N–H and O–H groups in total. The number of morpholine rings is 1. The minimum atomic E-state index is -0.471. The van der Waals surface area contributed by atoms with E-state index in [1.54, 1.807) is 23.3 Å². The summed E-state index contributed by atoms with van der Waals surface area (Å²) < 4.78 is 11.1. The lowest BCUT2D eigenvalue weighted by molar-refractivity contribution is -0.0334. The van der Waals surface area contributed by atoms with Crippen LogP contribution in [0.5, 0.6) is 0 Å². The van der Waals surface area contributed by atoms with Gasteiger partial charge in [-0.15, -0.1) is 11.3 Å². The SMILES string of the molecule is CN=C(NCC(c1cccs1)N1CCOC(C)C1)NC1CN(C(=O)OC(C)(C)C)C1. The van der Waals surface area contributed by atoms with Gasteiger partial charge in [0.2, 0.25) is 0 Å². The Kier molecular flexibility index (Phi) is 7.60. The molecule has 30 heavy (non-hydrogen) atoms. The van der Waals surface area contributed by atoms with Crippen molar-refractivity contribution in [3.8, 4) is 0 Å². The lowest BCUT2D eigenvalue weighted by Gasteiger charge is -2.41. The van der Waals surface area contributed by atoms with E-state index in [0.717, 1.165) is 32.2 Å². The first-order valence-corrected chi connectivity index (χ1v) is 11.5. The molecule has 3 rings (SSSR count). The van der Waals surface area contributed by atoms with Crippen molar-refractivity contribution < 1.29 is 14.3 Å². The predicted molar refractivity (Wildman–Crippen MR) is 120 cm³/mol. The molecule has 0 aromatic carbocycles. The van der Waals surface area contributed by atoms with Gasteiger partial charge in [-0.1, -0.05) is 6.07 Å². The van der Waals surface area contributed by atoms with Gasteiger partial charge in [-0.05, 0) is 39.1 Å². The Morgan fingerprint density at radius 2 is 2.17 bits per heavy atom. The molecule has 2 aliphatic heterocycles. The van der Waals surface area contributed by atoms with Crippen LogP contribution in [0.25, 0.3) is 0 Å². The molecule has 1 aromatic rings. The molecule has 1 aromatic heterocycles. The molecule has 0 spiro atoms. The van der Waals surface area contributed by atoms with Gasteiger partial charge in [0, 0.05) is 44.6 Å². The maximum Gasteiger partial charge on any atom is 0.410 e. The lowest BCUT2D eigenvalue weighted by atomic mass is 10.1. The quantitative estimate of drug-likeness (QED) is 0.544. The Bertz CT molecular complexity index is 713. The molecule has 0 saturated carbocycles. The maximum atomic E-state index is 12.1. The number of hydrogen-bond donors (Lipinski definition) is 2. The fourth-order valence-corrected chi connectivity index (χ4v) is 4.51. The van der Waals surface area contributed by atoms with E-state index in [-0.39, 0.29) is 24.3 Å². The van der Waals surface area contributed by atoms with E-state index < -0.39 is 5.60 Å². The molecule has 2 unspecified atom stereocenters. The van der Waals surface area contributed by atoms with E-state index in [1.807, 2.05) is 20.8 Å². The van der Waals surface area contributed by atoms with Crippen LogP contribution in [0.15, 0.2) is 22.5 Å². The summed E-state index contributed by atoms with van der Waals surface area (Å²) in [7, 11) is 1.77. The molecule has 168 valence electrons. The summed E-state index contributed by atoms with van der Waals surface area (Å²) in [5.74, 6) is 0.756. The Morgan fingerprint density at radius 1 is 1.40 bits per heavy atom. The number of rotatable bonds is 5. The van der Waals surface area contributed by atoms with E-state index in [0.29, 0.717) is 13.1 Å². The maximum absolute atomic E-state index is 12.1. The number of thiophene rings is 1. The van der Waals surface area contributed by atoms with Crippen molar-refractivity contribution in [3.05, 3.63) is 22.4 Å². The molecule has 2 atom stereocenters. The molecule has 1 amide bonds. The van der Waals surface area contributed by atoms with Gasteiger partial charge in [-0.3, -0.25) is 9.89 Å². The molecule has 8 nitrogen and oxygen atoms in total. The Labute approximate surface area is 183 Å². The predicted octanol–water partition coefficient (Wildman–Crippen LogP) is 2.29. The number of carbonyl (C=O) groups excluding carboxylic acids is 1. The van der Waals surface area contributed by atoms with Crippen LogP contribution in [0.4, 0.5) is 4.79 Å². The first kappa shape index (κ1) is 22.8. The average molecular weight is 438 g/mol. The Balaban J connectivity index is 1.50.